The van der Waals surface area contributed by atoms with Crippen molar-refractivity contribution in [2.45, 2.75) is 13.3 Å². The number of hydrogen-bond donors (Lipinski definition) is 1. The molecule has 0 spiro atoms. The maximum absolute atomic E-state index is 13.2. The Balaban J connectivity index is 3.05. The van der Waals surface area contributed by atoms with Gasteiger partial charge in [-0.1, -0.05) is 12.1 Å². The quantitative estimate of drug-likeness (QED) is 0.792. The molecule has 0 fully saturated rings. The van der Waals surface area contributed by atoms with E-state index in [4.69, 9.17) is 5.73 Å². The van der Waals surface area contributed by atoms with Crippen LogP contribution >= 0.6 is 0 Å². The first-order chi connectivity index (χ1) is 6.66. The van der Waals surface area contributed by atoms with E-state index in [1.54, 1.807) is 13.0 Å². The summed E-state index contributed by atoms with van der Waals surface area (Å²) in [6.07, 6.45) is 2.36. The maximum atomic E-state index is 13.2. The van der Waals surface area contributed by atoms with Gasteiger partial charge < -0.3 is 5.73 Å². The Hall–Kier alpha value is -1.22. The summed E-state index contributed by atoms with van der Waals surface area (Å²) in [5, 5.41) is 0. The molecule has 0 atom stereocenters. The van der Waals surface area contributed by atoms with Crippen LogP contribution < -0.4 is 5.73 Å². The van der Waals surface area contributed by atoms with Crippen molar-refractivity contribution < 1.29 is 8.78 Å². The average molecular weight is 197 g/mol. The summed E-state index contributed by atoms with van der Waals surface area (Å²) < 4.78 is 26.4. The fraction of sp³-hybridized carbons (Fsp3) is 0.273. The number of hydrogen-bond acceptors (Lipinski definition) is 1. The molecule has 0 unspecified atom stereocenters. The minimum absolute atomic E-state index is 0.0425. The maximum Gasteiger partial charge on any atom is 0.133 e. The van der Waals surface area contributed by atoms with Crippen molar-refractivity contribution in [3.05, 3.63) is 41.5 Å². The van der Waals surface area contributed by atoms with Crippen LogP contribution in [0.15, 0.2) is 24.3 Å². The van der Waals surface area contributed by atoms with Crippen LogP contribution in [-0.4, -0.2) is 6.54 Å². The first kappa shape index (κ1) is 10.9. The van der Waals surface area contributed by atoms with E-state index in [2.05, 4.69) is 0 Å². The van der Waals surface area contributed by atoms with Gasteiger partial charge in [0.05, 0.1) is 0 Å². The smallest absolute Gasteiger partial charge is 0.133 e. The lowest BCUT2D eigenvalue weighted by Crippen LogP contribution is -1.97. The first-order valence-electron chi connectivity index (χ1n) is 4.48. The summed E-state index contributed by atoms with van der Waals surface area (Å²) in [5.41, 5.74) is 5.93. The van der Waals surface area contributed by atoms with Crippen LogP contribution in [0.4, 0.5) is 8.78 Å². The molecule has 2 N–H and O–H groups in total. The molecule has 0 heterocycles. The van der Waals surface area contributed by atoms with Crippen molar-refractivity contribution in [3.63, 3.8) is 0 Å². The molecule has 0 aliphatic rings. The van der Waals surface area contributed by atoms with Crippen LogP contribution in [0, 0.1) is 11.6 Å². The number of rotatable bonds is 3. The highest BCUT2D eigenvalue weighted by Gasteiger charge is 2.08. The molecule has 1 aromatic carbocycles. The fourth-order valence-electron chi connectivity index (χ4n) is 1.28. The minimum Gasteiger partial charge on any atom is -0.330 e. The Morgan fingerprint density at radius 3 is 2.43 bits per heavy atom. The number of halogens is 2. The SMILES string of the molecule is C/C(=C/CCN)c1c(F)cccc1F. The van der Waals surface area contributed by atoms with Gasteiger partial charge in [0.2, 0.25) is 0 Å². The highest BCUT2D eigenvalue weighted by Crippen LogP contribution is 2.21. The summed E-state index contributed by atoms with van der Waals surface area (Å²) >= 11 is 0. The largest absolute Gasteiger partial charge is 0.330 e. The van der Waals surface area contributed by atoms with Crippen molar-refractivity contribution >= 4 is 5.57 Å². The number of benzene rings is 1. The van der Waals surface area contributed by atoms with Gasteiger partial charge in [0.25, 0.3) is 0 Å². The van der Waals surface area contributed by atoms with E-state index >= 15 is 0 Å². The average Bonchev–Trinajstić information content (AvgIpc) is 2.14. The Labute approximate surface area is 82.2 Å². The molecule has 0 saturated carbocycles. The van der Waals surface area contributed by atoms with Crippen LogP contribution in [-0.2, 0) is 0 Å². The molecule has 0 aliphatic heterocycles. The minimum atomic E-state index is -0.532. The predicted molar refractivity (Wildman–Crippen MR) is 53.7 cm³/mol. The highest BCUT2D eigenvalue weighted by atomic mass is 19.1. The van der Waals surface area contributed by atoms with E-state index in [-0.39, 0.29) is 5.56 Å². The Morgan fingerprint density at radius 2 is 1.93 bits per heavy atom. The molecule has 1 nitrogen and oxygen atoms in total. The Morgan fingerprint density at radius 1 is 1.36 bits per heavy atom. The molecule has 0 aromatic heterocycles. The van der Waals surface area contributed by atoms with Crippen LogP contribution in [0.5, 0.6) is 0 Å². The van der Waals surface area contributed by atoms with E-state index in [9.17, 15) is 8.78 Å². The van der Waals surface area contributed by atoms with Gasteiger partial charge in [-0.05, 0) is 37.6 Å². The van der Waals surface area contributed by atoms with Crippen LogP contribution in [0.25, 0.3) is 5.57 Å². The van der Waals surface area contributed by atoms with Crippen molar-refractivity contribution in [1.82, 2.24) is 0 Å². The lowest BCUT2D eigenvalue weighted by Gasteiger charge is -2.04. The zero-order valence-corrected chi connectivity index (χ0v) is 8.06. The zero-order chi connectivity index (χ0) is 10.6. The predicted octanol–water partition coefficient (Wildman–Crippen LogP) is 2.72. The van der Waals surface area contributed by atoms with Crippen molar-refractivity contribution in [1.29, 1.82) is 0 Å². The lowest BCUT2D eigenvalue weighted by atomic mass is 10.1. The molecule has 1 aromatic rings. The first-order valence-corrected chi connectivity index (χ1v) is 4.48. The molecular weight excluding hydrogens is 184 g/mol. The summed E-state index contributed by atoms with van der Waals surface area (Å²) in [5.74, 6) is -1.06. The van der Waals surface area contributed by atoms with Crippen LogP contribution in [0.2, 0.25) is 0 Å². The van der Waals surface area contributed by atoms with Gasteiger partial charge in [-0.3, -0.25) is 0 Å². The van der Waals surface area contributed by atoms with Crippen molar-refractivity contribution in [3.8, 4) is 0 Å². The summed E-state index contributed by atoms with van der Waals surface area (Å²) in [4.78, 5) is 0. The van der Waals surface area contributed by atoms with E-state index in [0.29, 0.717) is 18.5 Å². The highest BCUT2D eigenvalue weighted by molar-refractivity contribution is 5.64. The van der Waals surface area contributed by atoms with Crippen LogP contribution in [0.3, 0.4) is 0 Å². The third-order valence-electron chi connectivity index (χ3n) is 1.97. The second kappa shape index (κ2) is 4.86. The molecule has 0 amide bonds. The van der Waals surface area contributed by atoms with Gasteiger partial charge >= 0.3 is 0 Å². The van der Waals surface area contributed by atoms with Crippen molar-refractivity contribution in [2.24, 2.45) is 5.73 Å². The van der Waals surface area contributed by atoms with Gasteiger partial charge in [0.1, 0.15) is 11.6 Å². The summed E-state index contributed by atoms with van der Waals surface area (Å²) in [6.45, 7) is 2.16. The number of allylic oxidation sites excluding steroid dienone is 1. The fourth-order valence-corrected chi connectivity index (χ4v) is 1.28. The third kappa shape index (κ3) is 2.39. The monoisotopic (exact) mass is 197 g/mol. The molecule has 14 heavy (non-hydrogen) atoms. The molecule has 1 rings (SSSR count). The standard InChI is InChI=1S/C11H13F2N/c1-8(4-3-7-14)11-9(12)5-2-6-10(11)13/h2,4-6H,3,7,14H2,1H3/b8-4-. The lowest BCUT2D eigenvalue weighted by molar-refractivity contribution is 0.576. The molecule has 76 valence electrons. The molecule has 0 bridgehead atoms. The normalized spacial score (nSPS) is 11.9. The summed E-state index contributed by atoms with van der Waals surface area (Å²) in [7, 11) is 0. The van der Waals surface area contributed by atoms with Gasteiger partial charge in [-0.25, -0.2) is 8.78 Å². The van der Waals surface area contributed by atoms with Crippen molar-refractivity contribution in [2.75, 3.05) is 6.54 Å². The molecule has 0 aliphatic carbocycles. The summed E-state index contributed by atoms with van der Waals surface area (Å²) in [6, 6.07) is 3.85. The molecule has 3 heteroatoms. The van der Waals surface area contributed by atoms with E-state index in [1.807, 2.05) is 0 Å². The van der Waals surface area contributed by atoms with E-state index in [0.717, 1.165) is 0 Å². The van der Waals surface area contributed by atoms with Gasteiger partial charge in [0.15, 0.2) is 0 Å². The van der Waals surface area contributed by atoms with Gasteiger partial charge in [0, 0.05) is 5.56 Å². The molecule has 0 radical (unpaired) electrons. The third-order valence-corrected chi connectivity index (χ3v) is 1.97. The topological polar surface area (TPSA) is 26.0 Å². The number of nitrogens with two attached hydrogens (primary N) is 1. The second-order valence-electron chi connectivity index (χ2n) is 3.06. The van der Waals surface area contributed by atoms with Gasteiger partial charge in [-0.2, -0.15) is 0 Å². The van der Waals surface area contributed by atoms with E-state index < -0.39 is 11.6 Å². The Kier molecular flexibility index (Phi) is 3.77. The Bertz CT molecular complexity index is 325. The van der Waals surface area contributed by atoms with Crippen LogP contribution in [0.1, 0.15) is 18.9 Å². The van der Waals surface area contributed by atoms with Gasteiger partial charge in [-0.15, -0.1) is 0 Å². The zero-order valence-electron chi connectivity index (χ0n) is 8.06. The molecular formula is C11H13F2N. The molecule has 0 saturated heterocycles. The second-order valence-corrected chi connectivity index (χ2v) is 3.06. The van der Waals surface area contributed by atoms with E-state index in [1.165, 1.54) is 18.2 Å².